The quantitative estimate of drug-likeness (QED) is 0.824. The average molecular weight is 369 g/mol. The lowest BCUT2D eigenvalue weighted by atomic mass is 9.73. The van der Waals surface area contributed by atoms with Gasteiger partial charge in [0.05, 0.1) is 6.04 Å². The van der Waals surface area contributed by atoms with E-state index in [9.17, 15) is 4.79 Å². The van der Waals surface area contributed by atoms with Gasteiger partial charge in [0, 0.05) is 16.1 Å². The van der Waals surface area contributed by atoms with Gasteiger partial charge in [-0.25, -0.2) is 0 Å². The van der Waals surface area contributed by atoms with E-state index in [-0.39, 0.29) is 17.5 Å². The predicted octanol–water partition coefficient (Wildman–Crippen LogP) is 4.65. The molecule has 0 radical (unpaired) electrons. The van der Waals surface area contributed by atoms with Crippen molar-refractivity contribution in [3.05, 3.63) is 70.2 Å². The Bertz CT molecular complexity index is 803. The van der Waals surface area contributed by atoms with Gasteiger partial charge in [-0.3, -0.25) is 4.79 Å². The van der Waals surface area contributed by atoms with Crippen LogP contribution in [0.2, 0.25) is 5.02 Å². The van der Waals surface area contributed by atoms with Crippen molar-refractivity contribution in [3.8, 4) is 0 Å². The highest BCUT2D eigenvalue weighted by atomic mass is 35.5. The van der Waals surface area contributed by atoms with E-state index in [1.54, 1.807) is 0 Å². The number of carbonyl (C=O) groups excluding carboxylic acids is 1. The van der Waals surface area contributed by atoms with Crippen LogP contribution >= 0.6 is 11.6 Å². The van der Waals surface area contributed by atoms with E-state index >= 15 is 0 Å². The van der Waals surface area contributed by atoms with E-state index < -0.39 is 0 Å². The van der Waals surface area contributed by atoms with E-state index in [4.69, 9.17) is 11.6 Å². The first kappa shape index (κ1) is 17.6. The SMILES string of the molecule is Cc1c(Cl)cccc1C(=O)NC(c1ccccc1)C12CCCC(CN1)C2. The molecule has 2 aromatic carbocycles. The summed E-state index contributed by atoms with van der Waals surface area (Å²) < 4.78 is 0. The molecule has 1 heterocycles. The van der Waals surface area contributed by atoms with Crippen LogP contribution in [0.4, 0.5) is 0 Å². The third-order valence-electron chi connectivity index (χ3n) is 6.10. The summed E-state index contributed by atoms with van der Waals surface area (Å²) in [7, 11) is 0. The van der Waals surface area contributed by atoms with Gasteiger partial charge in [0.15, 0.2) is 0 Å². The molecule has 4 heteroatoms. The van der Waals surface area contributed by atoms with Crippen molar-refractivity contribution in [2.45, 2.75) is 44.2 Å². The predicted molar refractivity (Wildman–Crippen MR) is 106 cm³/mol. The van der Waals surface area contributed by atoms with Crippen LogP contribution in [0.15, 0.2) is 48.5 Å². The Morgan fingerprint density at radius 1 is 1.23 bits per heavy atom. The van der Waals surface area contributed by atoms with Crippen molar-refractivity contribution in [2.75, 3.05) is 6.54 Å². The second-order valence-corrected chi connectivity index (χ2v) is 8.14. The Labute approximate surface area is 160 Å². The highest BCUT2D eigenvalue weighted by Gasteiger charge is 2.48. The second kappa shape index (κ2) is 7.05. The van der Waals surface area contributed by atoms with Crippen molar-refractivity contribution in [2.24, 2.45) is 5.92 Å². The topological polar surface area (TPSA) is 41.1 Å². The molecule has 3 unspecified atom stereocenters. The third kappa shape index (κ3) is 3.15. The van der Waals surface area contributed by atoms with Gasteiger partial charge in [-0.1, -0.05) is 54.4 Å². The maximum Gasteiger partial charge on any atom is 0.252 e. The van der Waals surface area contributed by atoms with Gasteiger partial charge in [-0.15, -0.1) is 0 Å². The number of halogens is 1. The van der Waals surface area contributed by atoms with Crippen molar-refractivity contribution >= 4 is 17.5 Å². The fourth-order valence-electron chi connectivity index (χ4n) is 4.72. The molecule has 26 heavy (non-hydrogen) atoms. The largest absolute Gasteiger partial charge is 0.343 e. The molecule has 1 amide bonds. The molecule has 1 saturated heterocycles. The van der Waals surface area contributed by atoms with Gasteiger partial charge in [-0.05, 0) is 61.9 Å². The maximum atomic E-state index is 13.1. The molecule has 3 atom stereocenters. The Morgan fingerprint density at radius 3 is 2.85 bits per heavy atom. The van der Waals surface area contributed by atoms with Crippen LogP contribution in [0.3, 0.4) is 0 Å². The Morgan fingerprint density at radius 2 is 2.04 bits per heavy atom. The zero-order valence-electron chi connectivity index (χ0n) is 15.1. The van der Waals surface area contributed by atoms with Crippen molar-refractivity contribution in [1.29, 1.82) is 0 Å². The van der Waals surface area contributed by atoms with Crippen molar-refractivity contribution < 1.29 is 4.79 Å². The van der Waals surface area contributed by atoms with Crippen molar-refractivity contribution in [1.82, 2.24) is 10.6 Å². The molecule has 1 saturated carbocycles. The second-order valence-electron chi connectivity index (χ2n) is 7.73. The summed E-state index contributed by atoms with van der Waals surface area (Å²) in [6.07, 6.45) is 4.73. The summed E-state index contributed by atoms with van der Waals surface area (Å²) in [6, 6.07) is 15.8. The lowest BCUT2D eigenvalue weighted by molar-refractivity contribution is 0.0892. The minimum absolute atomic E-state index is 0.0418. The molecule has 2 aromatic rings. The van der Waals surface area contributed by atoms with Gasteiger partial charge < -0.3 is 10.6 Å². The molecule has 4 rings (SSSR count). The summed E-state index contributed by atoms with van der Waals surface area (Å²) in [6.45, 7) is 2.95. The number of hydrogen-bond donors (Lipinski definition) is 2. The lowest BCUT2D eigenvalue weighted by Gasteiger charge is -2.41. The number of nitrogens with one attached hydrogen (secondary N) is 2. The number of hydrogen-bond acceptors (Lipinski definition) is 2. The van der Waals surface area contributed by atoms with E-state index in [1.165, 1.54) is 12.8 Å². The Balaban J connectivity index is 1.68. The number of amides is 1. The molecule has 2 bridgehead atoms. The molecule has 2 aliphatic rings. The molecule has 2 fully saturated rings. The zero-order valence-corrected chi connectivity index (χ0v) is 15.9. The van der Waals surface area contributed by atoms with Crippen LogP contribution in [0.5, 0.6) is 0 Å². The summed E-state index contributed by atoms with van der Waals surface area (Å²) in [5, 5.41) is 7.75. The summed E-state index contributed by atoms with van der Waals surface area (Å²) >= 11 is 6.23. The van der Waals surface area contributed by atoms with Crippen LogP contribution in [-0.2, 0) is 0 Å². The first-order valence-electron chi connectivity index (χ1n) is 9.45. The highest BCUT2D eigenvalue weighted by molar-refractivity contribution is 6.31. The van der Waals surface area contributed by atoms with Crippen LogP contribution in [0.25, 0.3) is 0 Å². The number of rotatable bonds is 4. The standard InChI is InChI=1S/C22H25ClN2O/c1-15-18(10-5-11-19(15)23)21(26)25-20(17-8-3-2-4-9-17)22-12-6-7-16(13-22)14-24-22/h2-5,8-11,16,20,24H,6-7,12-14H2,1H3,(H,25,26). The number of benzene rings is 2. The molecule has 136 valence electrons. The van der Waals surface area contributed by atoms with Crippen LogP contribution in [-0.4, -0.2) is 18.0 Å². The summed E-state index contributed by atoms with van der Waals surface area (Å²) in [5.74, 6) is 0.670. The molecule has 1 aliphatic carbocycles. The average Bonchev–Trinajstić information content (AvgIpc) is 2.97. The zero-order chi connectivity index (χ0) is 18.1. The molecule has 1 aliphatic heterocycles. The van der Waals surface area contributed by atoms with Crippen LogP contribution in [0, 0.1) is 12.8 Å². The van der Waals surface area contributed by atoms with E-state index in [0.29, 0.717) is 10.6 Å². The monoisotopic (exact) mass is 368 g/mol. The molecule has 2 N–H and O–H groups in total. The fourth-order valence-corrected chi connectivity index (χ4v) is 4.89. The van der Waals surface area contributed by atoms with E-state index in [2.05, 4.69) is 22.8 Å². The highest BCUT2D eigenvalue weighted by Crippen LogP contribution is 2.45. The van der Waals surface area contributed by atoms with Crippen molar-refractivity contribution in [3.63, 3.8) is 0 Å². The summed E-state index contributed by atoms with van der Waals surface area (Å²) in [4.78, 5) is 13.1. The summed E-state index contributed by atoms with van der Waals surface area (Å²) in [5.41, 5.74) is 2.60. The van der Waals surface area contributed by atoms with Crippen LogP contribution in [0.1, 0.15) is 53.2 Å². The van der Waals surface area contributed by atoms with Crippen LogP contribution < -0.4 is 10.6 Å². The minimum Gasteiger partial charge on any atom is -0.343 e. The normalized spacial score (nSPS) is 25.7. The van der Waals surface area contributed by atoms with Gasteiger partial charge in [0.25, 0.3) is 5.91 Å². The van der Waals surface area contributed by atoms with E-state index in [1.807, 2.05) is 43.3 Å². The lowest BCUT2D eigenvalue weighted by Crippen LogP contribution is -2.52. The molecular formula is C22H25ClN2O. The molecule has 3 nitrogen and oxygen atoms in total. The van der Waals surface area contributed by atoms with Gasteiger partial charge in [0.1, 0.15) is 0 Å². The minimum atomic E-state index is -0.0518. The maximum absolute atomic E-state index is 13.1. The fraction of sp³-hybridized carbons (Fsp3) is 0.409. The molecule has 0 spiro atoms. The first-order valence-corrected chi connectivity index (χ1v) is 9.83. The third-order valence-corrected chi connectivity index (χ3v) is 6.51. The van der Waals surface area contributed by atoms with E-state index in [0.717, 1.165) is 36.4 Å². The van der Waals surface area contributed by atoms with Gasteiger partial charge in [-0.2, -0.15) is 0 Å². The first-order chi connectivity index (χ1) is 12.6. The number of fused-ring (bicyclic) bond motifs is 2. The number of carbonyl (C=O) groups is 1. The molecular weight excluding hydrogens is 344 g/mol. The Kier molecular flexibility index (Phi) is 4.76. The Hall–Kier alpha value is -1.84. The van der Waals surface area contributed by atoms with Gasteiger partial charge >= 0.3 is 0 Å². The molecule has 0 aromatic heterocycles. The van der Waals surface area contributed by atoms with Gasteiger partial charge in [0.2, 0.25) is 0 Å². The smallest absolute Gasteiger partial charge is 0.252 e.